The molecule has 0 unspecified atom stereocenters. The van der Waals surface area contributed by atoms with Crippen molar-refractivity contribution in [2.45, 2.75) is 13.0 Å². The van der Waals surface area contributed by atoms with Crippen LogP contribution in [0.15, 0.2) is 42.6 Å². The van der Waals surface area contributed by atoms with Crippen LogP contribution in [0.25, 0.3) is 0 Å². The van der Waals surface area contributed by atoms with Crippen molar-refractivity contribution in [2.24, 2.45) is 5.73 Å². The zero-order valence-corrected chi connectivity index (χ0v) is 11.0. The van der Waals surface area contributed by atoms with Gasteiger partial charge in [-0.05, 0) is 30.7 Å². The third-order valence-electron chi connectivity index (χ3n) is 3.03. The van der Waals surface area contributed by atoms with Crippen molar-refractivity contribution in [1.29, 1.82) is 5.26 Å². The van der Waals surface area contributed by atoms with E-state index in [1.54, 1.807) is 12.3 Å². The van der Waals surface area contributed by atoms with E-state index in [0.717, 1.165) is 17.1 Å². The van der Waals surface area contributed by atoms with Crippen molar-refractivity contribution in [3.05, 3.63) is 53.7 Å². The average molecular weight is 252 g/mol. The number of aromatic nitrogens is 1. The first-order valence-electron chi connectivity index (χ1n) is 6.08. The molecule has 0 bridgehead atoms. The molecule has 0 saturated carbocycles. The SMILES string of the molecule is C[C@H](N)c1ccc(N(C)c2ccccc2C#N)nc1. The summed E-state index contributed by atoms with van der Waals surface area (Å²) in [4.78, 5) is 6.28. The average Bonchev–Trinajstić information content (AvgIpc) is 2.46. The summed E-state index contributed by atoms with van der Waals surface area (Å²) in [6.07, 6.45) is 1.77. The molecule has 0 amide bonds. The lowest BCUT2D eigenvalue weighted by Crippen LogP contribution is -2.13. The zero-order chi connectivity index (χ0) is 13.8. The second-order valence-electron chi connectivity index (χ2n) is 4.43. The molecule has 4 nitrogen and oxygen atoms in total. The maximum absolute atomic E-state index is 9.12. The van der Waals surface area contributed by atoms with Gasteiger partial charge < -0.3 is 10.6 Å². The highest BCUT2D eigenvalue weighted by atomic mass is 15.2. The van der Waals surface area contributed by atoms with Crippen LogP contribution in [0.2, 0.25) is 0 Å². The number of nitrogens with two attached hydrogens (primary N) is 1. The summed E-state index contributed by atoms with van der Waals surface area (Å²) in [5.74, 6) is 0.784. The summed E-state index contributed by atoms with van der Waals surface area (Å²) in [6.45, 7) is 1.92. The molecule has 0 fully saturated rings. The second kappa shape index (κ2) is 5.51. The van der Waals surface area contributed by atoms with E-state index in [1.807, 2.05) is 49.2 Å². The predicted octanol–water partition coefficient (Wildman–Crippen LogP) is 2.74. The molecule has 1 atom stereocenters. The number of nitrogens with zero attached hydrogens (tertiary/aromatic N) is 3. The fourth-order valence-corrected chi connectivity index (χ4v) is 1.85. The van der Waals surface area contributed by atoms with Crippen molar-refractivity contribution in [1.82, 2.24) is 4.98 Å². The number of para-hydroxylation sites is 1. The molecule has 1 heterocycles. The molecule has 0 spiro atoms. The first kappa shape index (κ1) is 13.1. The molecule has 1 aromatic heterocycles. The van der Waals surface area contributed by atoms with Crippen molar-refractivity contribution in [2.75, 3.05) is 11.9 Å². The maximum atomic E-state index is 9.12. The van der Waals surface area contributed by atoms with E-state index in [2.05, 4.69) is 11.1 Å². The summed E-state index contributed by atoms with van der Waals surface area (Å²) in [5.41, 5.74) is 8.26. The molecule has 2 aromatic rings. The highest BCUT2D eigenvalue weighted by Crippen LogP contribution is 2.25. The Morgan fingerprint density at radius 2 is 2.00 bits per heavy atom. The monoisotopic (exact) mass is 252 g/mol. The Labute approximate surface area is 113 Å². The van der Waals surface area contributed by atoms with Gasteiger partial charge in [0.2, 0.25) is 0 Å². The molecule has 0 aliphatic carbocycles. The van der Waals surface area contributed by atoms with Gasteiger partial charge in [0.15, 0.2) is 0 Å². The largest absolute Gasteiger partial charge is 0.328 e. The number of nitriles is 1. The van der Waals surface area contributed by atoms with Gasteiger partial charge in [-0.3, -0.25) is 0 Å². The van der Waals surface area contributed by atoms with Gasteiger partial charge in [-0.15, -0.1) is 0 Å². The minimum Gasteiger partial charge on any atom is -0.328 e. The Hall–Kier alpha value is -2.38. The second-order valence-corrected chi connectivity index (χ2v) is 4.43. The molecular weight excluding hydrogens is 236 g/mol. The van der Waals surface area contributed by atoms with Gasteiger partial charge in [0.1, 0.15) is 11.9 Å². The Balaban J connectivity index is 2.34. The van der Waals surface area contributed by atoms with Crippen LogP contribution in [-0.2, 0) is 0 Å². The quantitative estimate of drug-likeness (QED) is 0.912. The van der Waals surface area contributed by atoms with Crippen molar-refractivity contribution < 1.29 is 0 Å². The third-order valence-corrected chi connectivity index (χ3v) is 3.03. The number of hydrogen-bond acceptors (Lipinski definition) is 4. The number of rotatable bonds is 3. The Morgan fingerprint density at radius 3 is 2.58 bits per heavy atom. The van der Waals surface area contributed by atoms with Crippen LogP contribution in [0.1, 0.15) is 24.1 Å². The zero-order valence-electron chi connectivity index (χ0n) is 11.0. The number of anilines is 2. The summed E-state index contributed by atoms with van der Waals surface area (Å²) >= 11 is 0. The van der Waals surface area contributed by atoms with Crippen molar-refractivity contribution >= 4 is 11.5 Å². The molecule has 2 rings (SSSR count). The highest BCUT2D eigenvalue weighted by molar-refractivity contribution is 5.66. The van der Waals surface area contributed by atoms with Gasteiger partial charge in [-0.2, -0.15) is 5.26 Å². The van der Waals surface area contributed by atoms with Gasteiger partial charge >= 0.3 is 0 Å². The number of benzene rings is 1. The van der Waals surface area contributed by atoms with E-state index in [9.17, 15) is 0 Å². The molecule has 0 radical (unpaired) electrons. The minimum absolute atomic E-state index is 0.0294. The summed E-state index contributed by atoms with van der Waals surface area (Å²) in [6, 6.07) is 13.5. The predicted molar refractivity (Wildman–Crippen MR) is 76.1 cm³/mol. The van der Waals surface area contributed by atoms with Gasteiger partial charge in [-0.1, -0.05) is 18.2 Å². The van der Waals surface area contributed by atoms with E-state index < -0.39 is 0 Å². The molecule has 0 aliphatic rings. The Morgan fingerprint density at radius 1 is 1.26 bits per heavy atom. The van der Waals surface area contributed by atoms with E-state index in [0.29, 0.717) is 5.56 Å². The smallest absolute Gasteiger partial charge is 0.132 e. The third kappa shape index (κ3) is 2.72. The lowest BCUT2D eigenvalue weighted by atomic mass is 10.1. The normalized spacial score (nSPS) is 11.7. The molecule has 0 saturated heterocycles. The van der Waals surface area contributed by atoms with Gasteiger partial charge in [0, 0.05) is 19.3 Å². The van der Waals surface area contributed by atoms with Crippen molar-refractivity contribution in [3.8, 4) is 6.07 Å². The van der Waals surface area contributed by atoms with E-state index in [-0.39, 0.29) is 6.04 Å². The lowest BCUT2D eigenvalue weighted by Gasteiger charge is -2.19. The molecule has 0 aliphatic heterocycles. The van der Waals surface area contributed by atoms with E-state index in [1.165, 1.54) is 0 Å². The van der Waals surface area contributed by atoms with Gasteiger partial charge in [0.05, 0.1) is 11.3 Å². The number of pyridine rings is 1. The summed E-state index contributed by atoms with van der Waals surface area (Å²) in [5, 5.41) is 9.12. The van der Waals surface area contributed by atoms with Gasteiger partial charge in [0.25, 0.3) is 0 Å². The van der Waals surface area contributed by atoms with Gasteiger partial charge in [-0.25, -0.2) is 4.98 Å². The molecule has 2 N–H and O–H groups in total. The standard InChI is InChI=1S/C15H16N4/c1-11(17)13-7-8-15(18-10-13)19(2)14-6-4-3-5-12(14)9-16/h3-8,10-11H,17H2,1-2H3/t11-/m0/s1. The Bertz CT molecular complexity index is 596. The summed E-state index contributed by atoms with van der Waals surface area (Å²) in [7, 11) is 1.89. The topological polar surface area (TPSA) is 65.9 Å². The van der Waals surface area contributed by atoms with Crippen LogP contribution in [0.4, 0.5) is 11.5 Å². The molecule has 96 valence electrons. The first-order chi connectivity index (χ1) is 9.13. The highest BCUT2D eigenvalue weighted by Gasteiger charge is 2.10. The van der Waals surface area contributed by atoms with Crippen LogP contribution in [0.3, 0.4) is 0 Å². The number of hydrogen-bond donors (Lipinski definition) is 1. The first-order valence-corrected chi connectivity index (χ1v) is 6.08. The van der Waals surface area contributed by atoms with Crippen molar-refractivity contribution in [3.63, 3.8) is 0 Å². The minimum atomic E-state index is -0.0294. The molecular formula is C15H16N4. The molecule has 4 heteroatoms. The summed E-state index contributed by atoms with van der Waals surface area (Å²) < 4.78 is 0. The maximum Gasteiger partial charge on any atom is 0.132 e. The lowest BCUT2D eigenvalue weighted by molar-refractivity contribution is 0.811. The fraction of sp³-hybridized carbons (Fsp3) is 0.200. The molecule has 19 heavy (non-hydrogen) atoms. The van der Waals surface area contributed by atoms with E-state index in [4.69, 9.17) is 11.0 Å². The van der Waals surface area contributed by atoms with Crippen LogP contribution in [0.5, 0.6) is 0 Å². The molecule has 1 aromatic carbocycles. The van der Waals surface area contributed by atoms with E-state index >= 15 is 0 Å². The fourth-order valence-electron chi connectivity index (χ4n) is 1.85. The van der Waals surface area contributed by atoms with Crippen LogP contribution >= 0.6 is 0 Å². The van der Waals surface area contributed by atoms with Crippen LogP contribution < -0.4 is 10.6 Å². The van der Waals surface area contributed by atoms with Crippen LogP contribution in [-0.4, -0.2) is 12.0 Å². The van der Waals surface area contributed by atoms with Crippen LogP contribution in [0, 0.1) is 11.3 Å². The Kier molecular flexibility index (Phi) is 3.79.